The van der Waals surface area contributed by atoms with Gasteiger partial charge in [0.2, 0.25) is 5.91 Å². The van der Waals surface area contributed by atoms with Gasteiger partial charge in [-0.1, -0.05) is 30.3 Å². The highest BCUT2D eigenvalue weighted by Gasteiger charge is 2.25. The Morgan fingerprint density at radius 2 is 2.00 bits per heavy atom. The summed E-state index contributed by atoms with van der Waals surface area (Å²) in [5.74, 6) is -0.194. The molecule has 4 heteroatoms. The number of carbonyl (C=O) groups is 2. The third kappa shape index (κ3) is 4.72. The molecular formula is C18H23NO3. The van der Waals surface area contributed by atoms with Crippen LogP contribution in [0.1, 0.15) is 31.7 Å². The van der Waals surface area contributed by atoms with E-state index >= 15 is 0 Å². The average Bonchev–Trinajstić information content (AvgIpc) is 2.80. The van der Waals surface area contributed by atoms with Crippen LogP contribution in [0.2, 0.25) is 0 Å². The Balaban J connectivity index is 1.89. The number of hydrogen-bond donors (Lipinski definition) is 0. The van der Waals surface area contributed by atoms with E-state index in [-0.39, 0.29) is 17.8 Å². The largest absolute Gasteiger partial charge is 0.466 e. The predicted octanol–water partition coefficient (Wildman–Crippen LogP) is 2.89. The first-order valence-electron chi connectivity index (χ1n) is 7.89. The van der Waals surface area contributed by atoms with E-state index < -0.39 is 0 Å². The number of esters is 1. The van der Waals surface area contributed by atoms with E-state index in [0.29, 0.717) is 26.1 Å². The summed E-state index contributed by atoms with van der Waals surface area (Å²) in [7, 11) is 0. The minimum atomic E-state index is -0.128. The van der Waals surface area contributed by atoms with Crippen LogP contribution in [0.15, 0.2) is 36.4 Å². The molecule has 1 atom stereocenters. The van der Waals surface area contributed by atoms with Gasteiger partial charge in [-0.3, -0.25) is 9.59 Å². The van der Waals surface area contributed by atoms with Crippen LogP contribution in [-0.4, -0.2) is 36.5 Å². The number of hydrogen-bond acceptors (Lipinski definition) is 3. The highest BCUT2D eigenvalue weighted by Crippen LogP contribution is 2.19. The van der Waals surface area contributed by atoms with Crippen molar-refractivity contribution >= 4 is 18.0 Å². The van der Waals surface area contributed by atoms with Gasteiger partial charge in [-0.15, -0.1) is 0 Å². The van der Waals surface area contributed by atoms with Crippen molar-refractivity contribution in [2.24, 2.45) is 5.92 Å². The smallest absolute Gasteiger partial charge is 0.308 e. The SMILES string of the molecule is CCOC(=O)C1CCCN(C(=O)/C=C/c2ccccc2)CC1. The molecule has 0 aliphatic carbocycles. The number of nitrogens with zero attached hydrogens (tertiary/aromatic N) is 1. The van der Waals surface area contributed by atoms with E-state index in [1.807, 2.05) is 48.2 Å². The van der Waals surface area contributed by atoms with Crippen LogP contribution in [0.4, 0.5) is 0 Å². The van der Waals surface area contributed by atoms with Gasteiger partial charge in [-0.25, -0.2) is 0 Å². The van der Waals surface area contributed by atoms with Gasteiger partial charge in [0.25, 0.3) is 0 Å². The Kier molecular flexibility index (Phi) is 6.19. The first kappa shape index (κ1) is 16.3. The summed E-state index contributed by atoms with van der Waals surface area (Å²) in [4.78, 5) is 25.9. The molecule has 2 rings (SSSR count). The average molecular weight is 301 g/mol. The molecule has 1 saturated heterocycles. The normalized spacial score (nSPS) is 19.0. The highest BCUT2D eigenvalue weighted by molar-refractivity contribution is 5.91. The van der Waals surface area contributed by atoms with E-state index in [1.54, 1.807) is 6.08 Å². The molecule has 1 aromatic carbocycles. The van der Waals surface area contributed by atoms with E-state index in [9.17, 15) is 9.59 Å². The fraction of sp³-hybridized carbons (Fsp3) is 0.444. The first-order chi connectivity index (χ1) is 10.7. The van der Waals surface area contributed by atoms with Crippen molar-refractivity contribution in [3.63, 3.8) is 0 Å². The molecule has 0 spiro atoms. The van der Waals surface area contributed by atoms with Crippen LogP contribution in [0.3, 0.4) is 0 Å². The molecule has 1 aliphatic heterocycles. The molecule has 118 valence electrons. The van der Waals surface area contributed by atoms with Gasteiger partial charge >= 0.3 is 5.97 Å². The molecule has 0 N–H and O–H groups in total. The van der Waals surface area contributed by atoms with E-state index in [0.717, 1.165) is 18.4 Å². The third-order valence-electron chi connectivity index (χ3n) is 3.88. The lowest BCUT2D eigenvalue weighted by molar-refractivity contribution is -0.148. The summed E-state index contributed by atoms with van der Waals surface area (Å²) in [5.41, 5.74) is 1.01. The number of likely N-dealkylation sites (tertiary alicyclic amines) is 1. The Labute approximate surface area is 131 Å². The lowest BCUT2D eigenvalue weighted by Crippen LogP contribution is -2.30. The van der Waals surface area contributed by atoms with Gasteiger partial charge in [0.15, 0.2) is 0 Å². The molecule has 0 radical (unpaired) electrons. The third-order valence-corrected chi connectivity index (χ3v) is 3.88. The van der Waals surface area contributed by atoms with Gasteiger partial charge in [0, 0.05) is 19.2 Å². The van der Waals surface area contributed by atoms with E-state index in [4.69, 9.17) is 4.74 Å². The summed E-state index contributed by atoms with van der Waals surface area (Å²) >= 11 is 0. The van der Waals surface area contributed by atoms with Crippen LogP contribution in [0.25, 0.3) is 6.08 Å². The molecule has 1 unspecified atom stereocenters. The van der Waals surface area contributed by atoms with Gasteiger partial charge in [-0.2, -0.15) is 0 Å². The summed E-state index contributed by atoms with van der Waals surface area (Å²) in [6.45, 7) is 3.55. The number of rotatable bonds is 4. The van der Waals surface area contributed by atoms with Crippen LogP contribution in [-0.2, 0) is 14.3 Å². The van der Waals surface area contributed by atoms with Gasteiger partial charge in [-0.05, 0) is 37.8 Å². The molecule has 22 heavy (non-hydrogen) atoms. The van der Waals surface area contributed by atoms with Crippen LogP contribution in [0.5, 0.6) is 0 Å². The fourth-order valence-corrected chi connectivity index (χ4v) is 2.65. The zero-order chi connectivity index (χ0) is 15.8. The maximum Gasteiger partial charge on any atom is 0.308 e. The maximum atomic E-state index is 12.2. The number of amides is 1. The van der Waals surface area contributed by atoms with Crippen molar-refractivity contribution in [2.75, 3.05) is 19.7 Å². The zero-order valence-corrected chi connectivity index (χ0v) is 13.0. The summed E-state index contributed by atoms with van der Waals surface area (Å²) in [6, 6.07) is 9.76. The summed E-state index contributed by atoms with van der Waals surface area (Å²) in [6.07, 6.45) is 5.76. The van der Waals surface area contributed by atoms with Crippen LogP contribution in [0, 0.1) is 5.92 Å². The summed E-state index contributed by atoms with van der Waals surface area (Å²) < 4.78 is 5.08. The Morgan fingerprint density at radius 3 is 2.73 bits per heavy atom. The Morgan fingerprint density at radius 1 is 1.23 bits per heavy atom. The van der Waals surface area contributed by atoms with Gasteiger partial charge in [0.05, 0.1) is 12.5 Å². The van der Waals surface area contributed by atoms with Crippen LogP contribution < -0.4 is 0 Å². The van der Waals surface area contributed by atoms with Gasteiger partial charge in [0.1, 0.15) is 0 Å². The monoisotopic (exact) mass is 301 g/mol. The lowest BCUT2D eigenvalue weighted by Gasteiger charge is -2.18. The molecule has 4 nitrogen and oxygen atoms in total. The van der Waals surface area contributed by atoms with Gasteiger partial charge < -0.3 is 9.64 Å². The topological polar surface area (TPSA) is 46.6 Å². The first-order valence-corrected chi connectivity index (χ1v) is 7.89. The quantitative estimate of drug-likeness (QED) is 0.634. The molecule has 1 heterocycles. The minimum absolute atomic E-state index is 0.00774. The molecule has 0 bridgehead atoms. The van der Waals surface area contributed by atoms with Crippen molar-refractivity contribution in [1.29, 1.82) is 0 Å². The molecule has 1 aromatic rings. The number of benzene rings is 1. The van der Waals surface area contributed by atoms with Crippen molar-refractivity contribution in [1.82, 2.24) is 4.90 Å². The highest BCUT2D eigenvalue weighted by atomic mass is 16.5. The van der Waals surface area contributed by atoms with Crippen molar-refractivity contribution in [3.05, 3.63) is 42.0 Å². The molecule has 1 fully saturated rings. The standard InChI is InChI=1S/C18H23NO3/c1-2-22-18(21)16-9-6-13-19(14-12-16)17(20)11-10-15-7-4-3-5-8-15/h3-5,7-8,10-11,16H,2,6,9,12-14H2,1H3/b11-10+. The number of carbonyl (C=O) groups excluding carboxylic acids is 2. The second-order valence-electron chi connectivity index (χ2n) is 5.45. The molecule has 0 aromatic heterocycles. The predicted molar refractivity (Wildman–Crippen MR) is 86.0 cm³/mol. The Bertz CT molecular complexity index is 524. The maximum absolute atomic E-state index is 12.2. The van der Waals surface area contributed by atoms with Crippen molar-refractivity contribution in [3.8, 4) is 0 Å². The lowest BCUT2D eigenvalue weighted by atomic mass is 10.0. The molecular weight excluding hydrogens is 278 g/mol. The van der Waals surface area contributed by atoms with E-state index in [2.05, 4.69) is 0 Å². The Hall–Kier alpha value is -2.10. The van der Waals surface area contributed by atoms with Crippen LogP contribution >= 0.6 is 0 Å². The summed E-state index contributed by atoms with van der Waals surface area (Å²) in [5, 5.41) is 0. The molecule has 0 saturated carbocycles. The molecule has 1 amide bonds. The fourth-order valence-electron chi connectivity index (χ4n) is 2.65. The second-order valence-corrected chi connectivity index (χ2v) is 5.45. The number of ether oxygens (including phenoxy) is 1. The zero-order valence-electron chi connectivity index (χ0n) is 13.0. The second kappa shape index (κ2) is 8.37. The van der Waals surface area contributed by atoms with Crippen molar-refractivity contribution in [2.45, 2.75) is 26.2 Å². The minimum Gasteiger partial charge on any atom is -0.466 e. The van der Waals surface area contributed by atoms with E-state index in [1.165, 1.54) is 0 Å². The molecule has 1 aliphatic rings. The van der Waals surface area contributed by atoms with Crippen molar-refractivity contribution < 1.29 is 14.3 Å².